The van der Waals surface area contributed by atoms with E-state index in [0.717, 1.165) is 22.2 Å². The Hall–Kier alpha value is -3.75. The summed E-state index contributed by atoms with van der Waals surface area (Å²) in [5.41, 5.74) is 3.95. The zero-order valence-corrected chi connectivity index (χ0v) is 17.6. The number of ether oxygens (including phenoxy) is 1. The summed E-state index contributed by atoms with van der Waals surface area (Å²) in [5, 5.41) is 8.06. The van der Waals surface area contributed by atoms with Gasteiger partial charge in [0, 0.05) is 29.2 Å². The fraction of sp³-hybridized carbons (Fsp3) is 0.273. The lowest BCUT2D eigenvalue weighted by Gasteiger charge is -2.08. The molecule has 0 saturated carbocycles. The second-order valence-corrected chi connectivity index (χ2v) is 7.13. The molecule has 0 saturated heterocycles. The van der Waals surface area contributed by atoms with E-state index in [0.29, 0.717) is 42.5 Å². The molecule has 0 aliphatic heterocycles. The summed E-state index contributed by atoms with van der Waals surface area (Å²) in [7, 11) is 0. The number of hydrogen-bond donors (Lipinski definition) is 2. The highest BCUT2D eigenvalue weighted by atomic mass is 19.1. The monoisotopic (exact) mass is 422 g/mol. The highest BCUT2D eigenvalue weighted by Crippen LogP contribution is 2.23. The molecule has 3 aromatic heterocycles. The zero-order chi connectivity index (χ0) is 22.0. The molecular formula is C22H23FN6O2. The lowest BCUT2D eigenvalue weighted by molar-refractivity contribution is 0.0953. The van der Waals surface area contributed by atoms with Crippen LogP contribution in [0.5, 0.6) is 5.88 Å². The third-order valence-electron chi connectivity index (χ3n) is 5.13. The first-order chi connectivity index (χ1) is 15.0. The molecule has 31 heavy (non-hydrogen) atoms. The molecule has 1 aromatic carbocycles. The van der Waals surface area contributed by atoms with E-state index in [1.165, 1.54) is 24.7 Å². The Balaban J connectivity index is 1.46. The van der Waals surface area contributed by atoms with Crippen molar-refractivity contribution in [1.82, 2.24) is 30.0 Å². The van der Waals surface area contributed by atoms with Crippen LogP contribution in [0, 0.1) is 19.7 Å². The van der Waals surface area contributed by atoms with Crippen LogP contribution in [0.15, 0.2) is 36.8 Å². The van der Waals surface area contributed by atoms with Crippen molar-refractivity contribution in [2.75, 3.05) is 13.2 Å². The number of benzene rings is 1. The smallest absolute Gasteiger partial charge is 0.254 e. The summed E-state index contributed by atoms with van der Waals surface area (Å²) >= 11 is 0. The third-order valence-corrected chi connectivity index (χ3v) is 5.13. The van der Waals surface area contributed by atoms with Crippen LogP contribution in [0.4, 0.5) is 4.39 Å². The van der Waals surface area contributed by atoms with Crippen molar-refractivity contribution in [3.8, 4) is 11.7 Å². The van der Waals surface area contributed by atoms with E-state index in [4.69, 9.17) is 4.74 Å². The van der Waals surface area contributed by atoms with E-state index < -0.39 is 0 Å². The first-order valence-corrected chi connectivity index (χ1v) is 10.0. The maximum absolute atomic E-state index is 13.6. The Kier molecular flexibility index (Phi) is 5.66. The molecule has 160 valence electrons. The molecule has 0 aliphatic rings. The molecule has 4 rings (SSSR count). The normalized spacial score (nSPS) is 11.1. The lowest BCUT2D eigenvalue weighted by atomic mass is 10.1. The minimum Gasteiger partial charge on any atom is -0.478 e. The van der Waals surface area contributed by atoms with Crippen LogP contribution < -0.4 is 10.1 Å². The molecule has 1 amide bonds. The van der Waals surface area contributed by atoms with Crippen molar-refractivity contribution in [1.29, 1.82) is 0 Å². The van der Waals surface area contributed by atoms with E-state index in [9.17, 15) is 9.18 Å². The van der Waals surface area contributed by atoms with Gasteiger partial charge in [0.05, 0.1) is 24.1 Å². The van der Waals surface area contributed by atoms with Gasteiger partial charge in [0.15, 0.2) is 5.82 Å². The number of H-pyrrole nitrogens is 1. The summed E-state index contributed by atoms with van der Waals surface area (Å²) in [6, 6.07) is 6.34. The maximum Gasteiger partial charge on any atom is 0.254 e. The van der Waals surface area contributed by atoms with Gasteiger partial charge in [-0.2, -0.15) is 5.10 Å². The fourth-order valence-electron chi connectivity index (χ4n) is 3.61. The molecule has 8 nitrogen and oxygen atoms in total. The van der Waals surface area contributed by atoms with Gasteiger partial charge in [-0.25, -0.2) is 19.0 Å². The Morgan fingerprint density at radius 1 is 1.26 bits per heavy atom. The Labute approximate surface area is 178 Å². The summed E-state index contributed by atoms with van der Waals surface area (Å²) in [6.07, 6.45) is 3.49. The summed E-state index contributed by atoms with van der Waals surface area (Å²) in [4.78, 5) is 24.2. The average Bonchev–Trinajstić information content (AvgIpc) is 3.28. The van der Waals surface area contributed by atoms with Gasteiger partial charge in [-0.3, -0.25) is 4.79 Å². The molecule has 0 aliphatic carbocycles. The number of carbonyl (C=O) groups excluding carboxylic acids is 1. The second kappa shape index (κ2) is 8.55. The lowest BCUT2D eigenvalue weighted by Crippen LogP contribution is -2.26. The maximum atomic E-state index is 13.6. The topological polar surface area (TPSA) is 97.7 Å². The Morgan fingerprint density at radius 3 is 2.90 bits per heavy atom. The van der Waals surface area contributed by atoms with Crippen molar-refractivity contribution < 1.29 is 13.9 Å². The van der Waals surface area contributed by atoms with E-state index >= 15 is 0 Å². The van der Waals surface area contributed by atoms with Gasteiger partial charge >= 0.3 is 0 Å². The van der Waals surface area contributed by atoms with Gasteiger partial charge in [0.2, 0.25) is 5.88 Å². The number of amides is 1. The van der Waals surface area contributed by atoms with Crippen molar-refractivity contribution in [2.24, 2.45) is 0 Å². The number of fused-ring (bicyclic) bond motifs is 1. The van der Waals surface area contributed by atoms with Crippen molar-refractivity contribution >= 4 is 16.8 Å². The predicted molar refractivity (Wildman–Crippen MR) is 114 cm³/mol. The average molecular weight is 422 g/mol. The number of nitrogens with one attached hydrogen (secondary N) is 2. The highest BCUT2D eigenvalue weighted by Gasteiger charge is 2.17. The van der Waals surface area contributed by atoms with Crippen LogP contribution >= 0.6 is 0 Å². The molecule has 0 spiro atoms. The number of hydrogen-bond acceptors (Lipinski definition) is 5. The molecule has 0 bridgehead atoms. The van der Waals surface area contributed by atoms with Gasteiger partial charge in [0.25, 0.3) is 5.91 Å². The van der Waals surface area contributed by atoms with Crippen LogP contribution in [0.3, 0.4) is 0 Å². The quantitative estimate of drug-likeness (QED) is 0.476. The third kappa shape index (κ3) is 4.11. The molecule has 0 radical (unpaired) electrons. The molecule has 9 heteroatoms. The van der Waals surface area contributed by atoms with Gasteiger partial charge < -0.3 is 15.0 Å². The second-order valence-electron chi connectivity index (χ2n) is 7.13. The predicted octanol–water partition coefficient (Wildman–Crippen LogP) is 3.27. The summed E-state index contributed by atoms with van der Waals surface area (Å²) in [5.74, 6) is 0.453. The minimum absolute atomic E-state index is 0.230. The van der Waals surface area contributed by atoms with Crippen molar-refractivity contribution in [2.45, 2.75) is 27.2 Å². The minimum atomic E-state index is -0.281. The van der Waals surface area contributed by atoms with E-state index in [2.05, 4.69) is 25.4 Å². The molecule has 2 N–H and O–H groups in total. The first kappa shape index (κ1) is 20.5. The molecule has 0 unspecified atom stereocenters. The van der Waals surface area contributed by atoms with Crippen LogP contribution in [-0.4, -0.2) is 43.8 Å². The summed E-state index contributed by atoms with van der Waals surface area (Å²) in [6.45, 7) is 6.52. The number of aryl methyl sites for hydroxylation is 1. The van der Waals surface area contributed by atoms with Crippen LogP contribution in [-0.2, 0) is 6.42 Å². The van der Waals surface area contributed by atoms with Gasteiger partial charge in [-0.1, -0.05) is 0 Å². The fourth-order valence-corrected chi connectivity index (χ4v) is 3.61. The number of aromatic amines is 1. The van der Waals surface area contributed by atoms with Crippen LogP contribution in [0.25, 0.3) is 16.7 Å². The zero-order valence-electron chi connectivity index (χ0n) is 17.6. The number of aromatic nitrogens is 5. The molecule has 4 aromatic rings. The van der Waals surface area contributed by atoms with Gasteiger partial charge in [-0.15, -0.1) is 0 Å². The molecular weight excluding hydrogens is 399 g/mol. The number of nitrogens with zero attached hydrogens (tertiary/aromatic N) is 4. The van der Waals surface area contributed by atoms with Crippen LogP contribution in [0.1, 0.15) is 34.2 Å². The number of halogens is 1. The van der Waals surface area contributed by atoms with Crippen molar-refractivity contribution in [3.05, 3.63) is 65.1 Å². The van der Waals surface area contributed by atoms with Crippen LogP contribution in [0.2, 0.25) is 0 Å². The van der Waals surface area contributed by atoms with E-state index in [1.807, 2.05) is 13.8 Å². The largest absolute Gasteiger partial charge is 0.478 e. The number of rotatable bonds is 7. The number of carbonyl (C=O) groups is 1. The SMILES string of the molecule is CCOc1cc(-n2ncc(C(=O)NCCc3c(C)[nH]c4ccc(F)cc34)c2C)ncn1. The van der Waals surface area contributed by atoms with Gasteiger partial charge in [-0.05, 0) is 51.0 Å². The standard InChI is InChI=1S/C22H23FN6O2/c1-4-31-21-10-20(25-12-26-21)29-14(3)18(11-27-29)22(30)24-8-7-16-13(2)28-19-6-5-15(23)9-17(16)19/h5-6,9-12,28H,4,7-8H2,1-3H3,(H,24,30). The van der Waals surface area contributed by atoms with Crippen molar-refractivity contribution in [3.63, 3.8) is 0 Å². The Morgan fingerprint density at radius 2 is 2.10 bits per heavy atom. The van der Waals surface area contributed by atoms with E-state index in [1.54, 1.807) is 23.7 Å². The van der Waals surface area contributed by atoms with E-state index in [-0.39, 0.29) is 11.7 Å². The first-order valence-electron chi connectivity index (χ1n) is 10.0. The Bertz CT molecular complexity index is 1250. The molecule has 3 heterocycles. The van der Waals surface area contributed by atoms with Gasteiger partial charge in [0.1, 0.15) is 12.1 Å². The highest BCUT2D eigenvalue weighted by molar-refractivity contribution is 5.95. The molecule has 0 fully saturated rings. The summed E-state index contributed by atoms with van der Waals surface area (Å²) < 4.78 is 20.6. The molecule has 0 atom stereocenters.